The van der Waals surface area contributed by atoms with Gasteiger partial charge in [-0.3, -0.25) is 4.79 Å². The van der Waals surface area contributed by atoms with Crippen LogP contribution in [0.5, 0.6) is 0 Å². The molecule has 0 aromatic rings. The number of rotatable bonds is 5. The molecule has 4 heteroatoms. The third-order valence-corrected chi connectivity index (χ3v) is 4.15. The molecule has 0 aromatic carbocycles. The van der Waals surface area contributed by atoms with Gasteiger partial charge in [-0.15, -0.1) is 0 Å². The first kappa shape index (κ1) is 14.5. The van der Waals surface area contributed by atoms with E-state index in [-0.39, 0.29) is 30.0 Å². The van der Waals surface area contributed by atoms with E-state index in [9.17, 15) is 9.90 Å². The van der Waals surface area contributed by atoms with Crippen molar-refractivity contribution in [2.45, 2.75) is 57.5 Å². The quantitative estimate of drug-likeness (QED) is 0.675. The number of amides is 1. The molecule has 0 aromatic heterocycles. The second-order valence-corrected chi connectivity index (χ2v) is 5.28. The minimum Gasteiger partial charge on any atom is -0.394 e. The van der Waals surface area contributed by atoms with E-state index in [0.717, 1.165) is 32.1 Å². The third kappa shape index (κ3) is 3.68. The van der Waals surface area contributed by atoms with Gasteiger partial charge >= 0.3 is 0 Å². The topological polar surface area (TPSA) is 61.4 Å². The summed E-state index contributed by atoms with van der Waals surface area (Å²) in [4.78, 5) is 12.0. The summed E-state index contributed by atoms with van der Waals surface area (Å²) in [5.41, 5.74) is -0.160. The van der Waals surface area contributed by atoms with E-state index in [2.05, 4.69) is 17.6 Å². The molecule has 1 atom stereocenters. The Morgan fingerprint density at radius 1 is 1.47 bits per heavy atom. The molecule has 0 spiro atoms. The first-order valence-electron chi connectivity index (χ1n) is 6.67. The molecule has 17 heavy (non-hydrogen) atoms. The van der Waals surface area contributed by atoms with E-state index in [0.29, 0.717) is 0 Å². The highest BCUT2D eigenvalue weighted by atomic mass is 16.3. The minimum atomic E-state index is -0.160. The molecule has 1 saturated carbocycles. The number of nitrogens with one attached hydrogen (secondary N) is 2. The first-order chi connectivity index (χ1) is 8.06. The summed E-state index contributed by atoms with van der Waals surface area (Å²) in [6.45, 7) is 4.26. The van der Waals surface area contributed by atoms with Gasteiger partial charge < -0.3 is 15.7 Å². The lowest BCUT2D eigenvalue weighted by Gasteiger charge is -2.38. The zero-order valence-corrected chi connectivity index (χ0v) is 11.3. The minimum absolute atomic E-state index is 0.122. The van der Waals surface area contributed by atoms with E-state index in [1.807, 2.05) is 14.0 Å². The fourth-order valence-electron chi connectivity index (χ4n) is 2.38. The van der Waals surface area contributed by atoms with Gasteiger partial charge in [0.05, 0.1) is 6.61 Å². The third-order valence-electron chi connectivity index (χ3n) is 4.15. The van der Waals surface area contributed by atoms with Crippen LogP contribution in [0.4, 0.5) is 0 Å². The van der Waals surface area contributed by atoms with Crippen molar-refractivity contribution in [2.75, 3.05) is 13.7 Å². The zero-order chi connectivity index (χ0) is 12.9. The fraction of sp³-hybridized carbons (Fsp3) is 0.923. The van der Waals surface area contributed by atoms with Gasteiger partial charge in [0.2, 0.25) is 5.91 Å². The van der Waals surface area contributed by atoms with Crippen molar-refractivity contribution < 1.29 is 9.90 Å². The van der Waals surface area contributed by atoms with Crippen LogP contribution in [0.1, 0.15) is 46.0 Å². The van der Waals surface area contributed by atoms with Crippen LogP contribution in [-0.4, -0.2) is 36.2 Å². The van der Waals surface area contributed by atoms with Crippen LogP contribution in [0.3, 0.4) is 0 Å². The van der Waals surface area contributed by atoms with E-state index < -0.39 is 0 Å². The Bertz CT molecular complexity index is 242. The number of carbonyl (C=O) groups excluding carboxylic acids is 1. The van der Waals surface area contributed by atoms with E-state index in [1.54, 1.807) is 0 Å². The Morgan fingerprint density at radius 3 is 2.47 bits per heavy atom. The number of likely N-dealkylation sites (N-methyl/N-ethyl adjacent to an activating group) is 1. The van der Waals surface area contributed by atoms with Crippen molar-refractivity contribution in [3.8, 4) is 0 Å². The van der Waals surface area contributed by atoms with Crippen molar-refractivity contribution in [1.29, 1.82) is 0 Å². The average molecular weight is 242 g/mol. The summed E-state index contributed by atoms with van der Waals surface area (Å²) in [5.74, 6) is 0.305. The van der Waals surface area contributed by atoms with Crippen LogP contribution in [0, 0.1) is 5.92 Å². The summed E-state index contributed by atoms with van der Waals surface area (Å²) in [5, 5.41) is 15.6. The average Bonchev–Trinajstić information content (AvgIpc) is 2.38. The molecule has 0 radical (unpaired) electrons. The number of hydrogen-bond acceptors (Lipinski definition) is 3. The van der Waals surface area contributed by atoms with Crippen LogP contribution in [0.15, 0.2) is 0 Å². The van der Waals surface area contributed by atoms with Crippen molar-refractivity contribution >= 4 is 5.91 Å². The number of aliphatic hydroxyl groups is 1. The predicted octanol–water partition coefficient (Wildman–Crippen LogP) is 1.04. The summed E-state index contributed by atoms with van der Waals surface area (Å²) >= 11 is 0. The van der Waals surface area contributed by atoms with Crippen molar-refractivity contribution in [2.24, 2.45) is 5.92 Å². The van der Waals surface area contributed by atoms with Crippen LogP contribution >= 0.6 is 0 Å². The number of aliphatic hydroxyl groups excluding tert-OH is 1. The van der Waals surface area contributed by atoms with E-state index in [1.165, 1.54) is 0 Å². The maximum absolute atomic E-state index is 12.0. The Morgan fingerprint density at radius 2 is 2.06 bits per heavy atom. The summed E-state index contributed by atoms with van der Waals surface area (Å²) in [6.07, 6.45) is 4.44. The molecule has 0 heterocycles. The lowest BCUT2D eigenvalue weighted by atomic mass is 9.76. The second-order valence-electron chi connectivity index (χ2n) is 5.28. The standard InChI is InChI=1S/C13H26N2O2/c1-4-10(2)15-12(17)11-5-7-13(9-16,14-3)8-6-11/h10-11,14,16H,4-9H2,1-3H3,(H,15,17). The predicted molar refractivity (Wildman–Crippen MR) is 68.7 cm³/mol. The van der Waals surface area contributed by atoms with Crippen molar-refractivity contribution in [1.82, 2.24) is 10.6 Å². The number of carbonyl (C=O) groups is 1. The lowest BCUT2D eigenvalue weighted by Crippen LogP contribution is -2.51. The van der Waals surface area contributed by atoms with Crippen LogP contribution in [0.2, 0.25) is 0 Å². The smallest absolute Gasteiger partial charge is 0.223 e. The Hall–Kier alpha value is -0.610. The molecular formula is C13H26N2O2. The monoisotopic (exact) mass is 242 g/mol. The molecule has 1 aliphatic rings. The molecule has 1 amide bonds. The highest BCUT2D eigenvalue weighted by Crippen LogP contribution is 2.31. The van der Waals surface area contributed by atoms with Gasteiger partial charge in [0.1, 0.15) is 0 Å². The van der Waals surface area contributed by atoms with Crippen LogP contribution in [-0.2, 0) is 4.79 Å². The second kappa shape index (κ2) is 6.36. The Balaban J connectivity index is 2.43. The Labute approximate surface area is 104 Å². The first-order valence-corrected chi connectivity index (χ1v) is 6.67. The summed E-state index contributed by atoms with van der Waals surface area (Å²) < 4.78 is 0. The Kier molecular flexibility index (Phi) is 5.40. The van der Waals surface area contributed by atoms with Gasteiger partial charge in [-0.1, -0.05) is 6.92 Å². The van der Waals surface area contributed by atoms with E-state index >= 15 is 0 Å². The molecule has 3 N–H and O–H groups in total. The highest BCUT2D eigenvalue weighted by Gasteiger charge is 2.35. The largest absolute Gasteiger partial charge is 0.394 e. The molecule has 1 aliphatic carbocycles. The van der Waals surface area contributed by atoms with Gasteiger partial charge in [0.15, 0.2) is 0 Å². The molecule has 1 unspecified atom stereocenters. The summed E-state index contributed by atoms with van der Waals surface area (Å²) in [6, 6.07) is 0.260. The normalized spacial score (nSPS) is 30.9. The van der Waals surface area contributed by atoms with Crippen LogP contribution < -0.4 is 10.6 Å². The SMILES string of the molecule is CCC(C)NC(=O)C1CCC(CO)(NC)CC1. The van der Waals surface area contributed by atoms with Crippen molar-refractivity contribution in [3.05, 3.63) is 0 Å². The fourth-order valence-corrected chi connectivity index (χ4v) is 2.38. The van der Waals surface area contributed by atoms with E-state index in [4.69, 9.17) is 0 Å². The molecule has 0 aliphatic heterocycles. The molecule has 100 valence electrons. The van der Waals surface area contributed by atoms with Gasteiger partial charge in [0.25, 0.3) is 0 Å². The zero-order valence-electron chi connectivity index (χ0n) is 11.3. The molecular weight excluding hydrogens is 216 g/mol. The number of hydrogen-bond donors (Lipinski definition) is 3. The van der Waals surface area contributed by atoms with Gasteiger partial charge in [-0.05, 0) is 46.1 Å². The van der Waals surface area contributed by atoms with Gasteiger partial charge in [-0.25, -0.2) is 0 Å². The van der Waals surface area contributed by atoms with Crippen LogP contribution in [0.25, 0.3) is 0 Å². The maximum Gasteiger partial charge on any atom is 0.223 e. The highest BCUT2D eigenvalue weighted by molar-refractivity contribution is 5.79. The molecule has 0 bridgehead atoms. The molecule has 4 nitrogen and oxygen atoms in total. The van der Waals surface area contributed by atoms with Crippen molar-refractivity contribution in [3.63, 3.8) is 0 Å². The summed E-state index contributed by atoms with van der Waals surface area (Å²) in [7, 11) is 1.88. The molecule has 1 fully saturated rings. The molecule has 1 rings (SSSR count). The van der Waals surface area contributed by atoms with Gasteiger partial charge in [-0.2, -0.15) is 0 Å². The maximum atomic E-state index is 12.0. The van der Waals surface area contributed by atoms with Gasteiger partial charge in [0, 0.05) is 17.5 Å². The lowest BCUT2D eigenvalue weighted by molar-refractivity contribution is -0.127. The molecule has 0 saturated heterocycles.